The van der Waals surface area contributed by atoms with Gasteiger partial charge in [-0.15, -0.1) is 0 Å². The Kier molecular flexibility index (Phi) is 8.62. The van der Waals surface area contributed by atoms with Crippen LogP contribution in [-0.4, -0.2) is 41.1 Å². The Balaban J connectivity index is 4.29. The SMILES string of the molecule is CC(C)(C)OC(=O)C[C@H](NC(=O)CCCCN=[N+]=[N-])C(=O)O. The van der Waals surface area contributed by atoms with Gasteiger partial charge in [-0.05, 0) is 39.1 Å². The van der Waals surface area contributed by atoms with E-state index in [1.165, 1.54) is 0 Å². The molecule has 0 aliphatic heterocycles. The molecule has 0 aliphatic carbocycles. The minimum absolute atomic E-state index is 0.0963. The molecule has 0 saturated heterocycles. The van der Waals surface area contributed by atoms with E-state index in [1.807, 2.05) is 0 Å². The fourth-order valence-electron chi connectivity index (χ4n) is 1.53. The number of amides is 1. The normalized spacial score (nSPS) is 12.0. The molecule has 0 aromatic heterocycles. The second kappa shape index (κ2) is 9.62. The number of nitrogens with zero attached hydrogens (tertiary/aromatic N) is 3. The van der Waals surface area contributed by atoms with Gasteiger partial charge >= 0.3 is 11.9 Å². The van der Waals surface area contributed by atoms with E-state index in [0.29, 0.717) is 12.8 Å². The van der Waals surface area contributed by atoms with Gasteiger partial charge in [-0.25, -0.2) is 4.79 Å². The molecule has 0 heterocycles. The number of azide groups is 1. The third-order valence-corrected chi connectivity index (χ3v) is 2.40. The van der Waals surface area contributed by atoms with E-state index in [1.54, 1.807) is 20.8 Å². The summed E-state index contributed by atoms with van der Waals surface area (Å²) in [7, 11) is 0. The van der Waals surface area contributed by atoms with Gasteiger partial charge in [-0.2, -0.15) is 0 Å². The van der Waals surface area contributed by atoms with Crippen molar-refractivity contribution in [2.45, 2.75) is 58.1 Å². The summed E-state index contributed by atoms with van der Waals surface area (Å²) in [5, 5.41) is 14.6. The summed E-state index contributed by atoms with van der Waals surface area (Å²) in [5.74, 6) is -2.46. The first-order valence-corrected chi connectivity index (χ1v) is 6.90. The molecule has 0 radical (unpaired) electrons. The number of carbonyl (C=O) groups is 3. The predicted molar refractivity (Wildman–Crippen MR) is 77.9 cm³/mol. The number of carbonyl (C=O) groups excluding carboxylic acids is 2. The van der Waals surface area contributed by atoms with Crippen LogP contribution in [-0.2, 0) is 19.1 Å². The molecular formula is C13H22N4O5. The van der Waals surface area contributed by atoms with Gasteiger partial charge in [0, 0.05) is 17.9 Å². The quantitative estimate of drug-likeness (QED) is 0.219. The minimum atomic E-state index is -1.32. The summed E-state index contributed by atoms with van der Waals surface area (Å²) >= 11 is 0. The molecular weight excluding hydrogens is 292 g/mol. The molecule has 0 rings (SSSR count). The molecule has 0 spiro atoms. The van der Waals surface area contributed by atoms with Crippen molar-refractivity contribution in [2.75, 3.05) is 6.54 Å². The average Bonchev–Trinajstić information content (AvgIpc) is 2.35. The second-order valence-corrected chi connectivity index (χ2v) is 5.66. The molecule has 0 fully saturated rings. The highest BCUT2D eigenvalue weighted by atomic mass is 16.6. The number of ether oxygens (including phenoxy) is 1. The monoisotopic (exact) mass is 314 g/mol. The Morgan fingerprint density at radius 2 is 1.95 bits per heavy atom. The number of esters is 1. The largest absolute Gasteiger partial charge is 0.480 e. The zero-order valence-electron chi connectivity index (χ0n) is 13.0. The second-order valence-electron chi connectivity index (χ2n) is 5.66. The first-order chi connectivity index (χ1) is 10.2. The minimum Gasteiger partial charge on any atom is -0.480 e. The lowest BCUT2D eigenvalue weighted by atomic mass is 10.1. The van der Waals surface area contributed by atoms with Gasteiger partial charge in [0.25, 0.3) is 0 Å². The van der Waals surface area contributed by atoms with Crippen LogP contribution in [0.2, 0.25) is 0 Å². The van der Waals surface area contributed by atoms with Crippen molar-refractivity contribution in [3.63, 3.8) is 0 Å². The highest BCUT2D eigenvalue weighted by Gasteiger charge is 2.26. The van der Waals surface area contributed by atoms with E-state index < -0.39 is 35.9 Å². The van der Waals surface area contributed by atoms with Crippen LogP contribution in [0.15, 0.2) is 5.11 Å². The molecule has 22 heavy (non-hydrogen) atoms. The average molecular weight is 314 g/mol. The number of hydrogen-bond donors (Lipinski definition) is 2. The summed E-state index contributed by atoms with van der Waals surface area (Å²) in [6.45, 7) is 5.29. The Labute approximate surface area is 128 Å². The van der Waals surface area contributed by atoms with Crippen LogP contribution < -0.4 is 5.32 Å². The lowest BCUT2D eigenvalue weighted by Gasteiger charge is -2.21. The van der Waals surface area contributed by atoms with Crippen LogP contribution in [0.4, 0.5) is 0 Å². The fraction of sp³-hybridized carbons (Fsp3) is 0.769. The number of unbranched alkanes of at least 4 members (excludes halogenated alkanes) is 1. The van der Waals surface area contributed by atoms with Crippen molar-refractivity contribution in [3.05, 3.63) is 10.4 Å². The van der Waals surface area contributed by atoms with Gasteiger partial charge in [0.05, 0.1) is 6.42 Å². The highest BCUT2D eigenvalue weighted by Crippen LogP contribution is 2.09. The third kappa shape index (κ3) is 10.5. The van der Waals surface area contributed by atoms with E-state index in [9.17, 15) is 14.4 Å². The van der Waals surface area contributed by atoms with Gasteiger partial charge in [0.2, 0.25) is 5.91 Å². The fourth-order valence-corrected chi connectivity index (χ4v) is 1.53. The summed E-state index contributed by atoms with van der Waals surface area (Å²) in [5.41, 5.74) is 7.37. The zero-order valence-corrected chi connectivity index (χ0v) is 13.0. The van der Waals surface area contributed by atoms with Crippen molar-refractivity contribution < 1.29 is 24.2 Å². The molecule has 1 amide bonds. The topological polar surface area (TPSA) is 141 Å². The number of hydrogen-bond acceptors (Lipinski definition) is 5. The number of rotatable bonds is 9. The van der Waals surface area contributed by atoms with Gasteiger partial charge in [0.15, 0.2) is 0 Å². The van der Waals surface area contributed by atoms with E-state index in [-0.39, 0.29) is 13.0 Å². The lowest BCUT2D eigenvalue weighted by molar-refractivity contribution is -0.158. The van der Waals surface area contributed by atoms with Crippen molar-refractivity contribution >= 4 is 17.8 Å². The Morgan fingerprint density at radius 1 is 1.32 bits per heavy atom. The summed E-state index contributed by atoms with van der Waals surface area (Å²) in [6, 6.07) is -1.32. The summed E-state index contributed by atoms with van der Waals surface area (Å²) < 4.78 is 5.03. The van der Waals surface area contributed by atoms with Crippen LogP contribution in [0.3, 0.4) is 0 Å². The first kappa shape index (κ1) is 19.7. The predicted octanol–water partition coefficient (Wildman–Crippen LogP) is 1.77. The molecule has 2 N–H and O–H groups in total. The Morgan fingerprint density at radius 3 is 2.45 bits per heavy atom. The van der Waals surface area contributed by atoms with Crippen LogP contribution >= 0.6 is 0 Å². The van der Waals surface area contributed by atoms with Gasteiger partial charge in [-0.1, -0.05) is 5.11 Å². The van der Waals surface area contributed by atoms with Crippen molar-refractivity contribution in [2.24, 2.45) is 5.11 Å². The molecule has 0 saturated carbocycles. The van der Waals surface area contributed by atoms with Crippen LogP contribution in [0, 0.1) is 0 Å². The number of carboxylic acid groups (broad SMARTS) is 1. The van der Waals surface area contributed by atoms with Gasteiger partial charge in [0.1, 0.15) is 11.6 Å². The maximum Gasteiger partial charge on any atom is 0.326 e. The lowest BCUT2D eigenvalue weighted by Crippen LogP contribution is -2.43. The van der Waals surface area contributed by atoms with Crippen molar-refractivity contribution in [1.29, 1.82) is 0 Å². The Hall–Kier alpha value is -2.28. The molecule has 0 aromatic rings. The molecule has 0 aromatic carbocycles. The summed E-state index contributed by atoms with van der Waals surface area (Å²) in [6.07, 6.45) is 0.654. The standard InChI is InChI=1S/C13H22N4O5/c1-13(2,3)22-11(19)8-9(12(20)21)16-10(18)6-4-5-7-15-17-14/h9H,4-8H2,1-3H3,(H,16,18)(H,20,21)/t9-/m0/s1. The molecule has 0 aliphatic rings. The molecule has 9 heteroatoms. The zero-order chi connectivity index (χ0) is 17.2. The van der Waals surface area contributed by atoms with E-state index >= 15 is 0 Å². The smallest absolute Gasteiger partial charge is 0.326 e. The molecule has 0 unspecified atom stereocenters. The van der Waals surface area contributed by atoms with Crippen LogP contribution in [0.25, 0.3) is 10.4 Å². The number of carboxylic acids is 1. The van der Waals surface area contributed by atoms with E-state index in [0.717, 1.165) is 0 Å². The van der Waals surface area contributed by atoms with Crippen molar-refractivity contribution in [3.8, 4) is 0 Å². The number of nitrogens with one attached hydrogen (secondary N) is 1. The van der Waals surface area contributed by atoms with Crippen LogP contribution in [0.5, 0.6) is 0 Å². The molecule has 0 bridgehead atoms. The van der Waals surface area contributed by atoms with E-state index in [4.69, 9.17) is 15.4 Å². The van der Waals surface area contributed by atoms with Crippen molar-refractivity contribution in [1.82, 2.24) is 5.32 Å². The Bertz CT molecular complexity index is 452. The maximum atomic E-state index is 11.6. The van der Waals surface area contributed by atoms with Gasteiger partial charge in [-0.3, -0.25) is 9.59 Å². The highest BCUT2D eigenvalue weighted by molar-refractivity contribution is 5.87. The molecule has 124 valence electrons. The maximum absolute atomic E-state index is 11.6. The van der Waals surface area contributed by atoms with Gasteiger partial charge < -0.3 is 15.2 Å². The third-order valence-electron chi connectivity index (χ3n) is 2.40. The molecule has 9 nitrogen and oxygen atoms in total. The molecule has 1 atom stereocenters. The van der Waals surface area contributed by atoms with Crippen LogP contribution in [0.1, 0.15) is 46.5 Å². The first-order valence-electron chi connectivity index (χ1n) is 6.90. The van der Waals surface area contributed by atoms with E-state index in [2.05, 4.69) is 15.3 Å². The summed E-state index contributed by atoms with van der Waals surface area (Å²) in [4.78, 5) is 36.9. The number of aliphatic carboxylic acids is 1.